The molecule has 0 amide bonds. The summed E-state index contributed by atoms with van der Waals surface area (Å²) < 4.78 is 27.6. The van der Waals surface area contributed by atoms with Gasteiger partial charge in [-0.25, -0.2) is 8.42 Å². The molecule has 1 aromatic heterocycles. The summed E-state index contributed by atoms with van der Waals surface area (Å²) in [6.07, 6.45) is -0.251. The minimum Gasteiger partial charge on any atom is -0.388 e. The summed E-state index contributed by atoms with van der Waals surface area (Å²) in [7, 11) is -3.71. The van der Waals surface area contributed by atoms with Gasteiger partial charge in [0.1, 0.15) is 4.90 Å². The number of para-hydroxylation sites is 1. The Bertz CT molecular complexity index is 807. The molecule has 0 aliphatic carbocycles. The van der Waals surface area contributed by atoms with E-state index in [4.69, 9.17) is 0 Å². The van der Waals surface area contributed by atoms with Crippen molar-refractivity contribution in [1.82, 2.24) is 10.2 Å². The Morgan fingerprint density at radius 2 is 2.05 bits per heavy atom. The SMILES string of the molecule is Cc1cccc2c1N(S(=O)(=O)c1c(C)n[nH]c1C)CCC2O. The van der Waals surface area contributed by atoms with Gasteiger partial charge >= 0.3 is 0 Å². The van der Waals surface area contributed by atoms with E-state index in [1.165, 1.54) is 4.31 Å². The van der Waals surface area contributed by atoms with E-state index in [2.05, 4.69) is 10.2 Å². The number of hydrogen-bond acceptors (Lipinski definition) is 4. The number of aliphatic hydroxyl groups excluding tert-OH is 1. The fourth-order valence-electron chi connectivity index (χ4n) is 3.07. The molecule has 1 aromatic carbocycles. The third-order valence-corrected chi connectivity index (χ3v) is 6.15. The van der Waals surface area contributed by atoms with Gasteiger partial charge in [0.25, 0.3) is 10.0 Å². The number of aromatic nitrogens is 2. The van der Waals surface area contributed by atoms with Crippen LogP contribution in [0, 0.1) is 20.8 Å². The molecule has 0 bridgehead atoms. The number of anilines is 1. The maximum atomic E-state index is 13.1. The Hall–Kier alpha value is -1.86. The molecule has 118 valence electrons. The number of fused-ring (bicyclic) bond motifs is 1. The number of nitrogens with zero attached hydrogens (tertiary/aromatic N) is 2. The zero-order valence-corrected chi connectivity index (χ0v) is 13.6. The maximum absolute atomic E-state index is 13.1. The monoisotopic (exact) mass is 321 g/mol. The molecule has 0 saturated heterocycles. The van der Waals surface area contributed by atoms with Crippen molar-refractivity contribution in [2.75, 3.05) is 10.8 Å². The summed E-state index contributed by atoms with van der Waals surface area (Å²) >= 11 is 0. The van der Waals surface area contributed by atoms with Crippen molar-refractivity contribution in [1.29, 1.82) is 0 Å². The summed E-state index contributed by atoms with van der Waals surface area (Å²) in [5, 5.41) is 16.9. The zero-order valence-electron chi connectivity index (χ0n) is 12.8. The fraction of sp³-hybridized carbons (Fsp3) is 0.400. The molecule has 1 aliphatic rings. The quantitative estimate of drug-likeness (QED) is 0.885. The first-order valence-electron chi connectivity index (χ1n) is 7.16. The molecular formula is C15H19N3O3S. The number of nitrogens with one attached hydrogen (secondary N) is 1. The molecule has 6 nitrogen and oxygen atoms in total. The van der Waals surface area contributed by atoms with Crippen LogP contribution in [0.5, 0.6) is 0 Å². The topological polar surface area (TPSA) is 86.3 Å². The highest BCUT2D eigenvalue weighted by atomic mass is 32.2. The van der Waals surface area contributed by atoms with E-state index >= 15 is 0 Å². The number of aromatic amines is 1. The van der Waals surface area contributed by atoms with Gasteiger partial charge in [-0.3, -0.25) is 9.40 Å². The van der Waals surface area contributed by atoms with Gasteiger partial charge in [0.2, 0.25) is 0 Å². The van der Waals surface area contributed by atoms with Crippen LogP contribution in [0.15, 0.2) is 23.1 Å². The van der Waals surface area contributed by atoms with Gasteiger partial charge in [0.15, 0.2) is 0 Å². The van der Waals surface area contributed by atoms with Gasteiger partial charge in [0.05, 0.1) is 23.2 Å². The lowest BCUT2D eigenvalue weighted by Gasteiger charge is -2.34. The van der Waals surface area contributed by atoms with Crippen LogP contribution in [0.3, 0.4) is 0 Å². The Morgan fingerprint density at radius 3 is 2.68 bits per heavy atom. The van der Waals surface area contributed by atoms with Crippen LogP contribution in [-0.2, 0) is 10.0 Å². The summed E-state index contributed by atoms with van der Waals surface area (Å²) in [5.41, 5.74) is 3.06. The van der Waals surface area contributed by atoms with Crippen LogP contribution >= 0.6 is 0 Å². The van der Waals surface area contributed by atoms with Crippen LogP contribution in [-0.4, -0.2) is 30.3 Å². The van der Waals surface area contributed by atoms with Crippen LogP contribution < -0.4 is 4.31 Å². The lowest BCUT2D eigenvalue weighted by atomic mass is 9.98. The third-order valence-electron chi connectivity index (χ3n) is 4.09. The molecule has 22 heavy (non-hydrogen) atoms. The average molecular weight is 321 g/mol. The van der Waals surface area contributed by atoms with Gasteiger partial charge in [-0.2, -0.15) is 5.10 Å². The first kappa shape index (κ1) is 15.1. The number of rotatable bonds is 2. The van der Waals surface area contributed by atoms with Crippen LogP contribution in [0.4, 0.5) is 5.69 Å². The average Bonchev–Trinajstić information content (AvgIpc) is 2.80. The summed E-state index contributed by atoms with van der Waals surface area (Å²) in [6.45, 7) is 5.48. The molecule has 0 radical (unpaired) electrons. The number of benzene rings is 1. The smallest absolute Gasteiger partial charge is 0.268 e. The van der Waals surface area contributed by atoms with Gasteiger partial charge < -0.3 is 5.11 Å². The summed E-state index contributed by atoms with van der Waals surface area (Å²) in [4.78, 5) is 0.220. The second kappa shape index (κ2) is 5.10. The Labute approximate surface area is 129 Å². The molecule has 2 heterocycles. The van der Waals surface area contributed by atoms with Gasteiger partial charge in [-0.15, -0.1) is 0 Å². The van der Waals surface area contributed by atoms with Crippen molar-refractivity contribution in [3.05, 3.63) is 40.7 Å². The molecule has 3 rings (SSSR count). The predicted octanol–water partition coefficient (Wildman–Crippen LogP) is 1.97. The highest BCUT2D eigenvalue weighted by molar-refractivity contribution is 7.93. The number of H-pyrrole nitrogens is 1. The molecule has 0 fully saturated rings. The standard InChI is InChI=1S/C15H19N3O3S/c1-9-5-4-6-12-13(19)7-8-18(14(9)12)22(20,21)15-10(2)16-17-11(15)3/h4-6,13,19H,7-8H2,1-3H3,(H,16,17). The number of sulfonamides is 1. The van der Waals surface area contributed by atoms with Gasteiger partial charge in [0, 0.05) is 12.1 Å². The molecule has 1 atom stereocenters. The third kappa shape index (κ3) is 2.12. The highest BCUT2D eigenvalue weighted by Crippen LogP contribution is 2.39. The molecule has 2 aromatic rings. The molecule has 0 spiro atoms. The van der Waals surface area contributed by atoms with Crippen molar-refractivity contribution in [3.63, 3.8) is 0 Å². The first-order chi connectivity index (χ1) is 10.3. The van der Waals surface area contributed by atoms with E-state index < -0.39 is 16.1 Å². The Morgan fingerprint density at radius 1 is 1.32 bits per heavy atom. The molecule has 1 aliphatic heterocycles. The molecule has 1 unspecified atom stereocenters. The van der Waals surface area contributed by atoms with Crippen molar-refractivity contribution in [2.45, 2.75) is 38.2 Å². The fourth-order valence-corrected chi connectivity index (χ4v) is 4.98. The molecular weight excluding hydrogens is 302 g/mol. The molecule has 0 saturated carbocycles. The second-order valence-corrected chi connectivity index (χ2v) is 7.46. The van der Waals surface area contributed by atoms with Crippen LogP contribution in [0.25, 0.3) is 0 Å². The van der Waals surface area contributed by atoms with E-state index in [-0.39, 0.29) is 11.4 Å². The van der Waals surface area contributed by atoms with Gasteiger partial charge in [-0.1, -0.05) is 18.2 Å². The van der Waals surface area contributed by atoms with E-state index in [1.807, 2.05) is 19.1 Å². The highest BCUT2D eigenvalue weighted by Gasteiger charge is 2.35. The Balaban J connectivity index is 2.21. The predicted molar refractivity (Wildman–Crippen MR) is 83.3 cm³/mol. The van der Waals surface area contributed by atoms with Crippen molar-refractivity contribution in [3.8, 4) is 0 Å². The minimum atomic E-state index is -3.71. The van der Waals surface area contributed by atoms with E-state index in [0.717, 1.165) is 5.56 Å². The van der Waals surface area contributed by atoms with Gasteiger partial charge in [-0.05, 0) is 32.8 Å². The van der Waals surface area contributed by atoms with Crippen molar-refractivity contribution in [2.24, 2.45) is 0 Å². The number of hydrogen-bond donors (Lipinski definition) is 2. The molecule has 2 N–H and O–H groups in total. The van der Waals surface area contributed by atoms with E-state index in [0.29, 0.717) is 29.1 Å². The lowest BCUT2D eigenvalue weighted by molar-refractivity contribution is 0.166. The minimum absolute atomic E-state index is 0.220. The van der Waals surface area contributed by atoms with E-state index in [9.17, 15) is 13.5 Å². The number of aryl methyl sites for hydroxylation is 3. The summed E-state index contributed by atoms with van der Waals surface area (Å²) in [6, 6.07) is 5.47. The normalized spacial score (nSPS) is 18.4. The zero-order chi connectivity index (χ0) is 16.1. The second-order valence-electron chi connectivity index (χ2n) is 5.66. The van der Waals surface area contributed by atoms with Crippen LogP contribution in [0.2, 0.25) is 0 Å². The largest absolute Gasteiger partial charge is 0.388 e. The van der Waals surface area contributed by atoms with Crippen molar-refractivity contribution < 1.29 is 13.5 Å². The summed E-state index contributed by atoms with van der Waals surface area (Å²) in [5.74, 6) is 0. The van der Waals surface area contributed by atoms with Crippen LogP contribution in [0.1, 0.15) is 35.0 Å². The number of aliphatic hydroxyl groups is 1. The Kier molecular flexibility index (Phi) is 3.49. The van der Waals surface area contributed by atoms with E-state index in [1.54, 1.807) is 19.9 Å². The van der Waals surface area contributed by atoms with Crippen molar-refractivity contribution >= 4 is 15.7 Å². The lowest BCUT2D eigenvalue weighted by Crippen LogP contribution is -2.37. The maximum Gasteiger partial charge on any atom is 0.268 e. The molecule has 7 heteroatoms. The first-order valence-corrected chi connectivity index (χ1v) is 8.60.